The third kappa shape index (κ3) is 3.16. The number of aryl methyl sites for hydroxylation is 1. The third-order valence-corrected chi connectivity index (χ3v) is 4.24. The summed E-state index contributed by atoms with van der Waals surface area (Å²) >= 11 is 0. The average Bonchev–Trinajstić information content (AvgIpc) is 2.87. The van der Waals surface area contributed by atoms with Crippen molar-refractivity contribution in [3.05, 3.63) is 60.2 Å². The summed E-state index contributed by atoms with van der Waals surface area (Å²) in [4.78, 5) is 12.3. The second kappa shape index (κ2) is 6.32. The maximum absolute atomic E-state index is 12.3. The number of hydrogen-bond acceptors (Lipinski definition) is 3. The van der Waals surface area contributed by atoms with E-state index in [1.54, 1.807) is 6.92 Å². The van der Waals surface area contributed by atoms with Crippen molar-refractivity contribution in [1.82, 2.24) is 5.01 Å². The Bertz CT molecular complexity index is 669. The highest BCUT2D eigenvalue weighted by Crippen LogP contribution is 2.31. The number of hydrazine groups is 1. The lowest BCUT2D eigenvalue weighted by molar-refractivity contribution is -0.129. The zero-order chi connectivity index (χ0) is 16.4. The number of carbonyl (C=O) groups excluding carboxylic acids is 1. The van der Waals surface area contributed by atoms with Crippen molar-refractivity contribution in [2.75, 3.05) is 10.3 Å². The molecule has 4 nitrogen and oxygen atoms in total. The predicted molar refractivity (Wildman–Crippen MR) is 94.1 cm³/mol. The van der Waals surface area contributed by atoms with Crippen LogP contribution < -0.4 is 10.3 Å². The number of benzene rings is 2. The maximum Gasteiger partial charge on any atom is 0.239 e. The van der Waals surface area contributed by atoms with Gasteiger partial charge >= 0.3 is 0 Å². The number of hydrogen-bond donors (Lipinski definition) is 1. The summed E-state index contributed by atoms with van der Waals surface area (Å²) in [5.41, 5.74) is 3.31. The van der Waals surface area contributed by atoms with Gasteiger partial charge in [0.15, 0.2) is 0 Å². The van der Waals surface area contributed by atoms with Crippen molar-refractivity contribution in [2.45, 2.75) is 39.4 Å². The fraction of sp³-hybridized carbons (Fsp3) is 0.316. The van der Waals surface area contributed by atoms with Gasteiger partial charge in [-0.1, -0.05) is 35.9 Å². The quantitative estimate of drug-likeness (QED) is 0.937. The monoisotopic (exact) mass is 309 g/mol. The van der Waals surface area contributed by atoms with Crippen LogP contribution in [0.5, 0.6) is 0 Å². The molecule has 2 atom stereocenters. The Balaban J connectivity index is 1.86. The van der Waals surface area contributed by atoms with Crippen molar-refractivity contribution < 1.29 is 4.79 Å². The molecule has 0 bridgehead atoms. The van der Waals surface area contributed by atoms with Gasteiger partial charge in [-0.2, -0.15) is 0 Å². The second-order valence-corrected chi connectivity index (χ2v) is 6.15. The molecule has 1 aliphatic heterocycles. The summed E-state index contributed by atoms with van der Waals surface area (Å²) in [7, 11) is 0. The van der Waals surface area contributed by atoms with Gasteiger partial charge in [0.25, 0.3) is 0 Å². The highest BCUT2D eigenvalue weighted by atomic mass is 16.2. The van der Waals surface area contributed by atoms with Crippen LogP contribution in [-0.2, 0) is 4.79 Å². The molecule has 2 aromatic carbocycles. The second-order valence-electron chi connectivity index (χ2n) is 6.15. The van der Waals surface area contributed by atoms with E-state index in [1.165, 1.54) is 5.56 Å². The van der Waals surface area contributed by atoms with Crippen LogP contribution in [0.15, 0.2) is 54.6 Å². The van der Waals surface area contributed by atoms with Crippen molar-refractivity contribution >= 4 is 17.3 Å². The summed E-state index contributed by atoms with van der Waals surface area (Å²) in [6, 6.07) is 18.6. The number of carbonyl (C=O) groups is 1. The summed E-state index contributed by atoms with van der Waals surface area (Å²) in [5.74, 6) is 0.0443. The van der Waals surface area contributed by atoms with E-state index < -0.39 is 0 Å². The SMILES string of the molecule is CC(=O)N1[C@H](Nc2ccc(C)cc2)C[C@H](C)N1c1ccccc1. The lowest BCUT2D eigenvalue weighted by Gasteiger charge is -2.35. The van der Waals surface area contributed by atoms with Gasteiger partial charge in [-0.05, 0) is 38.1 Å². The number of nitrogens with zero attached hydrogens (tertiary/aromatic N) is 2. The molecular weight excluding hydrogens is 286 g/mol. The fourth-order valence-corrected chi connectivity index (χ4v) is 3.18. The van der Waals surface area contributed by atoms with E-state index in [-0.39, 0.29) is 18.1 Å². The van der Waals surface area contributed by atoms with Crippen molar-refractivity contribution in [3.63, 3.8) is 0 Å². The first-order valence-corrected chi connectivity index (χ1v) is 8.03. The molecule has 3 rings (SSSR count). The average molecular weight is 309 g/mol. The van der Waals surface area contributed by atoms with E-state index >= 15 is 0 Å². The number of amides is 1. The Morgan fingerprint density at radius 1 is 1.09 bits per heavy atom. The largest absolute Gasteiger partial charge is 0.364 e. The number of para-hydroxylation sites is 1. The van der Waals surface area contributed by atoms with Crippen LogP contribution in [0, 0.1) is 6.92 Å². The molecule has 0 aliphatic carbocycles. The van der Waals surface area contributed by atoms with Gasteiger partial charge in [-0.3, -0.25) is 9.80 Å². The molecule has 0 radical (unpaired) electrons. The van der Waals surface area contributed by atoms with E-state index in [4.69, 9.17) is 0 Å². The minimum absolute atomic E-state index is 0.0367. The van der Waals surface area contributed by atoms with Crippen LogP contribution in [-0.4, -0.2) is 23.1 Å². The molecule has 4 heteroatoms. The Morgan fingerprint density at radius 2 is 1.74 bits per heavy atom. The Hall–Kier alpha value is -2.49. The normalized spacial score (nSPS) is 20.7. The van der Waals surface area contributed by atoms with Crippen LogP contribution in [0.4, 0.5) is 11.4 Å². The van der Waals surface area contributed by atoms with Gasteiger partial charge in [0.2, 0.25) is 5.91 Å². The van der Waals surface area contributed by atoms with Crippen molar-refractivity contribution in [1.29, 1.82) is 0 Å². The molecule has 0 aromatic heterocycles. The van der Waals surface area contributed by atoms with Crippen LogP contribution in [0.3, 0.4) is 0 Å². The van der Waals surface area contributed by atoms with Gasteiger partial charge < -0.3 is 5.32 Å². The first-order chi connectivity index (χ1) is 11.1. The zero-order valence-electron chi connectivity index (χ0n) is 13.9. The number of rotatable bonds is 3. The molecule has 2 aromatic rings. The van der Waals surface area contributed by atoms with Crippen LogP contribution >= 0.6 is 0 Å². The Labute approximate surface area is 137 Å². The fourth-order valence-electron chi connectivity index (χ4n) is 3.18. The first-order valence-electron chi connectivity index (χ1n) is 8.03. The van der Waals surface area contributed by atoms with Gasteiger partial charge in [0.05, 0.1) is 11.7 Å². The summed E-state index contributed by atoms with van der Waals surface area (Å²) < 4.78 is 0. The molecule has 0 unspecified atom stereocenters. The topological polar surface area (TPSA) is 35.6 Å². The molecule has 23 heavy (non-hydrogen) atoms. The minimum atomic E-state index is -0.0367. The predicted octanol–water partition coefficient (Wildman–Crippen LogP) is 3.80. The van der Waals surface area contributed by atoms with Crippen LogP contribution in [0.2, 0.25) is 0 Å². The molecule has 0 saturated carbocycles. The van der Waals surface area contributed by atoms with Gasteiger partial charge in [-0.15, -0.1) is 0 Å². The van der Waals surface area contributed by atoms with Gasteiger partial charge in [0.1, 0.15) is 6.17 Å². The van der Waals surface area contributed by atoms with E-state index in [0.717, 1.165) is 17.8 Å². The van der Waals surface area contributed by atoms with Crippen LogP contribution in [0.25, 0.3) is 0 Å². The molecule has 1 saturated heterocycles. The molecule has 1 amide bonds. The molecule has 1 fully saturated rings. The molecule has 0 spiro atoms. The van der Waals surface area contributed by atoms with E-state index in [0.29, 0.717) is 0 Å². The van der Waals surface area contributed by atoms with E-state index in [2.05, 4.69) is 48.4 Å². The molecule has 1 aliphatic rings. The van der Waals surface area contributed by atoms with E-state index in [1.807, 2.05) is 35.3 Å². The zero-order valence-corrected chi connectivity index (χ0v) is 13.9. The minimum Gasteiger partial charge on any atom is -0.364 e. The standard InChI is InChI=1S/C19H23N3O/c1-14-9-11-17(12-10-14)20-19-13-15(2)21(22(19)16(3)23)18-7-5-4-6-8-18/h4-12,15,19-20H,13H2,1-3H3/t15-,19-/m0/s1. The highest BCUT2D eigenvalue weighted by molar-refractivity contribution is 5.77. The highest BCUT2D eigenvalue weighted by Gasteiger charge is 2.38. The Kier molecular flexibility index (Phi) is 4.24. The van der Waals surface area contributed by atoms with Crippen molar-refractivity contribution in [3.8, 4) is 0 Å². The van der Waals surface area contributed by atoms with Gasteiger partial charge in [0, 0.05) is 19.0 Å². The lowest BCUT2D eigenvalue weighted by Crippen LogP contribution is -2.48. The van der Waals surface area contributed by atoms with Crippen LogP contribution in [0.1, 0.15) is 25.8 Å². The van der Waals surface area contributed by atoms with Gasteiger partial charge in [-0.25, -0.2) is 5.01 Å². The van der Waals surface area contributed by atoms with E-state index in [9.17, 15) is 4.79 Å². The molecule has 1 N–H and O–H groups in total. The maximum atomic E-state index is 12.3. The molecule has 120 valence electrons. The number of nitrogens with one attached hydrogen (secondary N) is 1. The Morgan fingerprint density at radius 3 is 2.35 bits per heavy atom. The summed E-state index contributed by atoms with van der Waals surface area (Å²) in [6.45, 7) is 5.85. The summed E-state index contributed by atoms with van der Waals surface area (Å²) in [6.07, 6.45) is 0.841. The smallest absolute Gasteiger partial charge is 0.239 e. The summed E-state index contributed by atoms with van der Waals surface area (Å²) in [5, 5.41) is 7.42. The lowest BCUT2D eigenvalue weighted by atomic mass is 10.2. The molecular formula is C19H23N3O. The number of anilines is 2. The van der Waals surface area contributed by atoms with Crippen molar-refractivity contribution in [2.24, 2.45) is 0 Å². The first kappa shape index (κ1) is 15.4. The molecule has 1 heterocycles. The third-order valence-electron chi connectivity index (χ3n) is 4.24.